The Labute approximate surface area is 117 Å². The first-order valence-electron chi connectivity index (χ1n) is 5.01. The fourth-order valence-corrected chi connectivity index (χ4v) is 2.18. The Morgan fingerprint density at radius 2 is 1.94 bits per heavy atom. The second-order valence-corrected chi connectivity index (χ2v) is 5.25. The van der Waals surface area contributed by atoms with Gasteiger partial charge in [-0.15, -0.1) is 0 Å². The summed E-state index contributed by atoms with van der Waals surface area (Å²) in [4.78, 5) is 4.27. The van der Waals surface area contributed by atoms with E-state index in [9.17, 15) is 0 Å². The van der Waals surface area contributed by atoms with Crippen molar-refractivity contribution in [2.75, 3.05) is 11.1 Å². The van der Waals surface area contributed by atoms with E-state index in [0.717, 1.165) is 26.0 Å². The molecule has 2 rings (SSSR count). The van der Waals surface area contributed by atoms with Gasteiger partial charge in [-0.2, -0.15) is 0 Å². The zero-order valence-electron chi connectivity index (χ0n) is 9.17. The third-order valence-corrected chi connectivity index (χ3v) is 4.09. The molecule has 17 heavy (non-hydrogen) atoms. The van der Waals surface area contributed by atoms with Crippen molar-refractivity contribution >= 4 is 49.1 Å². The van der Waals surface area contributed by atoms with Crippen LogP contribution in [0, 0.1) is 6.92 Å². The SMILES string of the molecule is Cc1c(N)cnc(Nc2ccccc2Br)c1Br. The minimum absolute atomic E-state index is 0.676. The molecule has 5 heteroatoms. The molecule has 0 unspecified atom stereocenters. The van der Waals surface area contributed by atoms with Crippen molar-refractivity contribution in [1.82, 2.24) is 4.98 Å². The number of nitrogens with two attached hydrogens (primary N) is 1. The molecule has 0 spiro atoms. The van der Waals surface area contributed by atoms with Crippen molar-refractivity contribution in [3.63, 3.8) is 0 Å². The van der Waals surface area contributed by atoms with Crippen LogP contribution in [-0.2, 0) is 0 Å². The lowest BCUT2D eigenvalue weighted by Gasteiger charge is -2.11. The molecule has 1 aromatic heterocycles. The molecule has 0 saturated heterocycles. The minimum atomic E-state index is 0.676. The van der Waals surface area contributed by atoms with E-state index in [1.165, 1.54) is 0 Å². The molecule has 0 radical (unpaired) electrons. The van der Waals surface area contributed by atoms with Crippen molar-refractivity contribution < 1.29 is 0 Å². The van der Waals surface area contributed by atoms with Gasteiger partial charge in [0.05, 0.1) is 22.0 Å². The molecule has 3 N–H and O–H groups in total. The Kier molecular flexibility index (Phi) is 3.69. The van der Waals surface area contributed by atoms with Crippen LogP contribution in [0.3, 0.4) is 0 Å². The van der Waals surface area contributed by atoms with Crippen LogP contribution in [0.15, 0.2) is 39.4 Å². The molecule has 88 valence electrons. The molecule has 1 aromatic carbocycles. The number of hydrogen-bond donors (Lipinski definition) is 2. The van der Waals surface area contributed by atoms with Crippen LogP contribution in [0.2, 0.25) is 0 Å². The average molecular weight is 357 g/mol. The van der Waals surface area contributed by atoms with Crippen LogP contribution >= 0.6 is 31.9 Å². The topological polar surface area (TPSA) is 50.9 Å². The Morgan fingerprint density at radius 3 is 2.65 bits per heavy atom. The number of benzene rings is 1. The number of halogens is 2. The summed E-state index contributed by atoms with van der Waals surface area (Å²) in [7, 11) is 0. The van der Waals surface area contributed by atoms with E-state index >= 15 is 0 Å². The largest absolute Gasteiger partial charge is 0.397 e. The first-order chi connectivity index (χ1) is 8.09. The molecular formula is C12H11Br2N3. The van der Waals surface area contributed by atoms with Crippen LogP contribution in [0.25, 0.3) is 0 Å². The lowest BCUT2D eigenvalue weighted by molar-refractivity contribution is 1.25. The van der Waals surface area contributed by atoms with Gasteiger partial charge in [-0.3, -0.25) is 0 Å². The van der Waals surface area contributed by atoms with Gasteiger partial charge in [-0.25, -0.2) is 4.98 Å². The molecule has 0 amide bonds. The van der Waals surface area contributed by atoms with Crippen LogP contribution in [-0.4, -0.2) is 4.98 Å². The maximum atomic E-state index is 5.78. The molecule has 0 aliphatic rings. The first-order valence-corrected chi connectivity index (χ1v) is 6.60. The van der Waals surface area contributed by atoms with Crippen molar-refractivity contribution in [3.8, 4) is 0 Å². The monoisotopic (exact) mass is 355 g/mol. The van der Waals surface area contributed by atoms with Crippen LogP contribution in [0.4, 0.5) is 17.2 Å². The van der Waals surface area contributed by atoms with Gasteiger partial charge >= 0.3 is 0 Å². The zero-order chi connectivity index (χ0) is 12.4. The van der Waals surface area contributed by atoms with Crippen molar-refractivity contribution in [2.24, 2.45) is 0 Å². The number of nitrogens with one attached hydrogen (secondary N) is 1. The zero-order valence-corrected chi connectivity index (χ0v) is 12.3. The predicted octanol–water partition coefficient (Wildman–Crippen LogP) is 4.24. The summed E-state index contributed by atoms with van der Waals surface area (Å²) in [5.41, 5.74) is 8.40. The quantitative estimate of drug-likeness (QED) is 0.846. The highest BCUT2D eigenvalue weighted by atomic mass is 79.9. The molecule has 2 aromatic rings. The van der Waals surface area contributed by atoms with E-state index < -0.39 is 0 Å². The smallest absolute Gasteiger partial charge is 0.145 e. The standard InChI is InChI=1S/C12H11Br2N3/c1-7-9(15)6-16-12(11(7)14)17-10-5-3-2-4-8(10)13/h2-6H,15H2,1H3,(H,16,17). The summed E-state index contributed by atoms with van der Waals surface area (Å²) in [6.45, 7) is 1.95. The van der Waals surface area contributed by atoms with Gasteiger partial charge in [-0.1, -0.05) is 12.1 Å². The van der Waals surface area contributed by atoms with E-state index in [1.807, 2.05) is 31.2 Å². The summed E-state index contributed by atoms with van der Waals surface area (Å²) >= 11 is 6.97. The Morgan fingerprint density at radius 1 is 1.24 bits per heavy atom. The van der Waals surface area contributed by atoms with Gasteiger partial charge in [0, 0.05) is 4.47 Å². The summed E-state index contributed by atoms with van der Waals surface area (Å²) < 4.78 is 1.87. The minimum Gasteiger partial charge on any atom is -0.397 e. The number of aromatic nitrogens is 1. The number of hydrogen-bond acceptors (Lipinski definition) is 3. The van der Waals surface area contributed by atoms with Crippen LogP contribution in [0.1, 0.15) is 5.56 Å². The number of nitrogen functional groups attached to an aromatic ring is 1. The van der Waals surface area contributed by atoms with E-state index in [2.05, 4.69) is 42.2 Å². The third-order valence-electron chi connectivity index (χ3n) is 2.43. The van der Waals surface area contributed by atoms with Crippen molar-refractivity contribution in [3.05, 3.63) is 45.0 Å². The molecule has 0 saturated carbocycles. The fourth-order valence-electron chi connectivity index (χ4n) is 1.37. The van der Waals surface area contributed by atoms with Crippen molar-refractivity contribution in [1.29, 1.82) is 0 Å². The average Bonchev–Trinajstić information content (AvgIpc) is 2.32. The normalized spacial score (nSPS) is 10.3. The highest BCUT2D eigenvalue weighted by Crippen LogP contribution is 2.32. The summed E-state index contributed by atoms with van der Waals surface area (Å²) in [5, 5.41) is 3.25. The number of nitrogens with zero attached hydrogens (tertiary/aromatic N) is 1. The molecule has 1 heterocycles. The molecule has 0 aliphatic carbocycles. The highest BCUT2D eigenvalue weighted by molar-refractivity contribution is 9.11. The third kappa shape index (κ3) is 2.61. The Balaban J connectivity index is 2.38. The number of anilines is 3. The maximum absolute atomic E-state index is 5.78. The highest BCUT2D eigenvalue weighted by Gasteiger charge is 2.08. The van der Waals surface area contributed by atoms with Gasteiger partial charge in [-0.05, 0) is 56.5 Å². The van der Waals surface area contributed by atoms with Crippen molar-refractivity contribution in [2.45, 2.75) is 6.92 Å². The molecule has 0 aliphatic heterocycles. The second-order valence-electron chi connectivity index (χ2n) is 3.61. The summed E-state index contributed by atoms with van der Waals surface area (Å²) in [5.74, 6) is 0.753. The van der Waals surface area contributed by atoms with E-state index in [-0.39, 0.29) is 0 Å². The second kappa shape index (κ2) is 5.06. The Bertz CT molecular complexity index is 555. The molecule has 3 nitrogen and oxygen atoms in total. The van der Waals surface area contributed by atoms with Gasteiger partial charge in [0.2, 0.25) is 0 Å². The Hall–Kier alpha value is -1.07. The van der Waals surface area contributed by atoms with Gasteiger partial charge in [0.1, 0.15) is 5.82 Å². The van der Waals surface area contributed by atoms with Crippen LogP contribution < -0.4 is 11.1 Å². The summed E-state index contributed by atoms with van der Waals surface area (Å²) in [6, 6.07) is 7.88. The van der Waals surface area contributed by atoms with E-state index in [1.54, 1.807) is 6.20 Å². The lowest BCUT2D eigenvalue weighted by Crippen LogP contribution is -1.99. The van der Waals surface area contributed by atoms with E-state index in [0.29, 0.717) is 5.69 Å². The molecule has 0 atom stereocenters. The molecule has 0 fully saturated rings. The lowest BCUT2D eigenvalue weighted by atomic mass is 10.2. The molecular weight excluding hydrogens is 346 g/mol. The van der Waals surface area contributed by atoms with E-state index in [4.69, 9.17) is 5.73 Å². The van der Waals surface area contributed by atoms with Crippen LogP contribution in [0.5, 0.6) is 0 Å². The van der Waals surface area contributed by atoms with Gasteiger partial charge in [0.15, 0.2) is 0 Å². The summed E-state index contributed by atoms with van der Waals surface area (Å²) in [6.07, 6.45) is 1.65. The number of rotatable bonds is 2. The maximum Gasteiger partial charge on any atom is 0.145 e. The first kappa shape index (κ1) is 12.4. The number of para-hydroxylation sites is 1. The number of pyridine rings is 1. The predicted molar refractivity (Wildman–Crippen MR) is 78.5 cm³/mol. The fraction of sp³-hybridized carbons (Fsp3) is 0.0833. The van der Waals surface area contributed by atoms with Gasteiger partial charge in [0.25, 0.3) is 0 Å². The molecule has 0 bridgehead atoms. The van der Waals surface area contributed by atoms with Gasteiger partial charge < -0.3 is 11.1 Å².